The molecule has 0 spiro atoms. The zero-order valence-electron chi connectivity index (χ0n) is 11.6. The van der Waals surface area contributed by atoms with Crippen LogP contribution < -0.4 is 0 Å². The molecule has 3 rings (SSSR count). The van der Waals surface area contributed by atoms with E-state index in [1.807, 2.05) is 0 Å². The van der Waals surface area contributed by atoms with Crippen molar-refractivity contribution in [1.82, 2.24) is 4.31 Å². The molecule has 2 aliphatic rings. The molecule has 2 atom stereocenters. The van der Waals surface area contributed by atoms with Gasteiger partial charge in [0.1, 0.15) is 0 Å². The molecule has 1 saturated heterocycles. The molecule has 1 aliphatic carbocycles. The molecule has 120 valence electrons. The fraction of sp³-hybridized carbons (Fsp3) is 0.500. The van der Waals surface area contributed by atoms with Gasteiger partial charge in [-0.3, -0.25) is 4.79 Å². The van der Waals surface area contributed by atoms with Gasteiger partial charge < -0.3 is 5.11 Å². The minimum Gasteiger partial charge on any atom is -0.481 e. The minimum absolute atomic E-state index is 0.00510. The normalized spacial score (nSPS) is 28.7. The van der Waals surface area contributed by atoms with Gasteiger partial charge in [0.15, 0.2) is 0 Å². The summed E-state index contributed by atoms with van der Waals surface area (Å²) in [6.45, 7) is 0.248. The third kappa shape index (κ3) is 2.42. The lowest BCUT2D eigenvalue weighted by Crippen LogP contribution is -2.37. The SMILES string of the molecule is O=C(O)[C@@]12CCC[C@H]1CN(S(=O)(=O)c1cc(Cl)cc(Cl)c1)C2. The Hall–Kier alpha value is -0.820. The first-order valence-corrected chi connectivity index (χ1v) is 9.15. The predicted octanol–water partition coefficient (Wildman–Crippen LogP) is 2.87. The molecule has 1 aromatic carbocycles. The van der Waals surface area contributed by atoms with Gasteiger partial charge in [-0.2, -0.15) is 4.31 Å². The van der Waals surface area contributed by atoms with Crippen LogP contribution in [0.4, 0.5) is 0 Å². The summed E-state index contributed by atoms with van der Waals surface area (Å²) in [6.07, 6.45) is 2.10. The lowest BCUT2D eigenvalue weighted by molar-refractivity contribution is -0.149. The van der Waals surface area contributed by atoms with Crippen molar-refractivity contribution >= 4 is 39.2 Å². The molecule has 2 fully saturated rings. The first-order chi connectivity index (χ1) is 10.3. The van der Waals surface area contributed by atoms with Crippen molar-refractivity contribution in [3.8, 4) is 0 Å². The molecule has 22 heavy (non-hydrogen) atoms. The van der Waals surface area contributed by atoms with E-state index in [9.17, 15) is 18.3 Å². The van der Waals surface area contributed by atoms with Crippen molar-refractivity contribution in [3.05, 3.63) is 28.2 Å². The summed E-state index contributed by atoms with van der Waals surface area (Å²) in [6, 6.07) is 4.13. The molecule has 5 nitrogen and oxygen atoms in total. The lowest BCUT2D eigenvalue weighted by atomic mass is 9.81. The van der Waals surface area contributed by atoms with E-state index < -0.39 is 21.4 Å². The molecule has 0 amide bonds. The van der Waals surface area contributed by atoms with Crippen LogP contribution >= 0.6 is 23.2 Å². The fourth-order valence-electron chi connectivity index (χ4n) is 3.60. The number of carboxylic acid groups (broad SMARTS) is 1. The van der Waals surface area contributed by atoms with Gasteiger partial charge in [0, 0.05) is 23.1 Å². The fourth-order valence-corrected chi connectivity index (χ4v) is 5.88. The largest absolute Gasteiger partial charge is 0.481 e. The van der Waals surface area contributed by atoms with Crippen LogP contribution in [-0.4, -0.2) is 36.9 Å². The Bertz CT molecular complexity index is 716. The van der Waals surface area contributed by atoms with Gasteiger partial charge in [0.25, 0.3) is 0 Å². The molecule has 0 unspecified atom stereocenters. The number of halogens is 2. The highest BCUT2D eigenvalue weighted by Gasteiger charge is 2.57. The van der Waals surface area contributed by atoms with Gasteiger partial charge in [0.05, 0.1) is 10.3 Å². The second-order valence-electron chi connectivity index (χ2n) is 5.95. The molecule has 1 saturated carbocycles. The monoisotopic (exact) mass is 363 g/mol. The Labute approximate surface area is 138 Å². The second kappa shape index (κ2) is 5.37. The molecule has 1 heterocycles. The molecule has 1 aromatic rings. The Morgan fingerprint density at radius 2 is 1.91 bits per heavy atom. The van der Waals surface area contributed by atoms with Crippen LogP contribution in [0.2, 0.25) is 10.0 Å². The standard InChI is InChI=1S/C14H15Cl2NO4S/c15-10-4-11(16)6-12(5-10)22(20,21)17-7-9-2-1-3-14(9,8-17)13(18)19/h4-6,9H,1-3,7-8H2,(H,18,19)/t9-,14+/m0/s1. The number of hydrogen-bond donors (Lipinski definition) is 1. The van der Waals surface area contributed by atoms with E-state index in [0.29, 0.717) is 6.42 Å². The van der Waals surface area contributed by atoms with E-state index in [2.05, 4.69) is 0 Å². The van der Waals surface area contributed by atoms with Crippen LogP contribution in [0.25, 0.3) is 0 Å². The van der Waals surface area contributed by atoms with Crippen molar-refractivity contribution in [2.75, 3.05) is 13.1 Å². The molecular weight excluding hydrogens is 349 g/mol. The van der Waals surface area contributed by atoms with Gasteiger partial charge >= 0.3 is 5.97 Å². The van der Waals surface area contributed by atoms with Crippen molar-refractivity contribution < 1.29 is 18.3 Å². The van der Waals surface area contributed by atoms with Gasteiger partial charge in [0.2, 0.25) is 10.0 Å². The zero-order valence-corrected chi connectivity index (χ0v) is 14.0. The maximum Gasteiger partial charge on any atom is 0.311 e. The van der Waals surface area contributed by atoms with Gasteiger partial charge in [-0.15, -0.1) is 0 Å². The average molecular weight is 364 g/mol. The second-order valence-corrected chi connectivity index (χ2v) is 8.76. The summed E-state index contributed by atoms with van der Waals surface area (Å²) >= 11 is 11.7. The average Bonchev–Trinajstić information content (AvgIpc) is 2.94. The predicted molar refractivity (Wildman–Crippen MR) is 82.6 cm³/mol. The highest BCUT2D eigenvalue weighted by atomic mass is 35.5. The third-order valence-electron chi connectivity index (χ3n) is 4.74. The number of hydrogen-bond acceptors (Lipinski definition) is 3. The molecule has 0 bridgehead atoms. The Morgan fingerprint density at radius 3 is 2.45 bits per heavy atom. The summed E-state index contributed by atoms with van der Waals surface area (Å²) in [4.78, 5) is 11.7. The highest BCUT2D eigenvalue weighted by molar-refractivity contribution is 7.89. The summed E-state index contributed by atoms with van der Waals surface area (Å²) in [7, 11) is -3.80. The first-order valence-electron chi connectivity index (χ1n) is 6.95. The first kappa shape index (κ1) is 16.1. The molecule has 0 aromatic heterocycles. The molecule has 1 aliphatic heterocycles. The summed E-state index contributed by atoms with van der Waals surface area (Å²) in [5.74, 6) is -1.04. The van der Waals surface area contributed by atoms with Crippen LogP contribution in [0.15, 0.2) is 23.1 Å². The van der Waals surface area contributed by atoms with Crippen LogP contribution in [0.3, 0.4) is 0 Å². The maximum atomic E-state index is 12.8. The van der Waals surface area contributed by atoms with E-state index in [-0.39, 0.29) is 33.9 Å². The Kier molecular flexibility index (Phi) is 3.92. The number of sulfonamides is 1. The Morgan fingerprint density at radius 1 is 1.27 bits per heavy atom. The van der Waals surface area contributed by atoms with Crippen LogP contribution in [0.1, 0.15) is 19.3 Å². The van der Waals surface area contributed by atoms with Crippen molar-refractivity contribution in [3.63, 3.8) is 0 Å². The van der Waals surface area contributed by atoms with Crippen molar-refractivity contribution in [2.24, 2.45) is 11.3 Å². The number of carbonyl (C=O) groups is 1. The number of carboxylic acids is 1. The van der Waals surface area contributed by atoms with E-state index >= 15 is 0 Å². The zero-order chi connectivity index (χ0) is 16.1. The summed E-state index contributed by atoms with van der Waals surface area (Å²) in [5.41, 5.74) is -0.949. The number of fused-ring (bicyclic) bond motifs is 1. The van der Waals surface area contributed by atoms with Crippen LogP contribution in [-0.2, 0) is 14.8 Å². The summed E-state index contributed by atoms with van der Waals surface area (Å²) in [5, 5.41) is 10.0. The van der Waals surface area contributed by atoms with Crippen molar-refractivity contribution in [2.45, 2.75) is 24.2 Å². The molecular formula is C14H15Cl2NO4S. The number of benzene rings is 1. The molecule has 1 N–H and O–H groups in total. The van der Waals surface area contributed by atoms with E-state index in [4.69, 9.17) is 23.2 Å². The maximum absolute atomic E-state index is 12.8. The van der Waals surface area contributed by atoms with E-state index in [1.54, 1.807) is 0 Å². The number of rotatable bonds is 3. The smallest absolute Gasteiger partial charge is 0.311 e. The van der Waals surface area contributed by atoms with Crippen LogP contribution in [0, 0.1) is 11.3 Å². The van der Waals surface area contributed by atoms with E-state index in [1.165, 1.54) is 22.5 Å². The van der Waals surface area contributed by atoms with Gasteiger partial charge in [-0.05, 0) is 37.0 Å². The summed E-state index contributed by atoms with van der Waals surface area (Å²) < 4.78 is 26.8. The molecule has 8 heteroatoms. The van der Waals surface area contributed by atoms with Crippen molar-refractivity contribution in [1.29, 1.82) is 0 Å². The van der Waals surface area contributed by atoms with Gasteiger partial charge in [-0.1, -0.05) is 29.6 Å². The van der Waals surface area contributed by atoms with Crippen LogP contribution in [0.5, 0.6) is 0 Å². The highest BCUT2D eigenvalue weighted by Crippen LogP contribution is 2.50. The third-order valence-corrected chi connectivity index (χ3v) is 6.97. The lowest BCUT2D eigenvalue weighted by Gasteiger charge is -2.23. The topological polar surface area (TPSA) is 74.7 Å². The Balaban J connectivity index is 1.96. The number of nitrogens with zero attached hydrogens (tertiary/aromatic N) is 1. The minimum atomic E-state index is -3.80. The molecule has 0 radical (unpaired) electrons. The van der Waals surface area contributed by atoms with E-state index in [0.717, 1.165) is 12.8 Å². The van der Waals surface area contributed by atoms with Gasteiger partial charge in [-0.25, -0.2) is 8.42 Å². The number of aliphatic carboxylic acids is 1. The quantitative estimate of drug-likeness (QED) is 0.895.